The number of nitrogens with zero attached hydrogens (tertiary/aromatic N) is 3. The number of hydrogen-bond donors (Lipinski definition) is 2. The van der Waals surface area contributed by atoms with Crippen LogP contribution in [-0.4, -0.2) is 49.9 Å². The molecule has 3 atom stereocenters. The van der Waals surface area contributed by atoms with Gasteiger partial charge in [0.25, 0.3) is 0 Å². The van der Waals surface area contributed by atoms with Gasteiger partial charge >= 0.3 is 0 Å². The van der Waals surface area contributed by atoms with Gasteiger partial charge in [0.15, 0.2) is 5.96 Å². The Bertz CT molecular complexity index is 592. The van der Waals surface area contributed by atoms with Gasteiger partial charge in [-0.3, -0.25) is 9.20 Å². The molecule has 1 aromatic heterocycles. The summed E-state index contributed by atoms with van der Waals surface area (Å²) in [6.45, 7) is 8.82. The van der Waals surface area contributed by atoms with Gasteiger partial charge in [-0.1, -0.05) is 13.3 Å². The molecule has 0 bridgehead atoms. The number of aliphatic imine (C=N–C) groups is 1. The largest absolute Gasteiger partial charge is 0.357 e. The van der Waals surface area contributed by atoms with Crippen LogP contribution in [0.4, 0.5) is 0 Å². The van der Waals surface area contributed by atoms with Crippen LogP contribution in [0.25, 0.3) is 0 Å². The van der Waals surface area contributed by atoms with E-state index in [1.165, 1.54) is 0 Å². The van der Waals surface area contributed by atoms with Gasteiger partial charge in [-0.25, -0.2) is 4.98 Å². The van der Waals surface area contributed by atoms with Crippen molar-refractivity contribution in [3.63, 3.8) is 0 Å². The molecule has 156 valence electrons. The molecule has 0 amide bonds. The van der Waals surface area contributed by atoms with Gasteiger partial charge in [-0.05, 0) is 46.0 Å². The van der Waals surface area contributed by atoms with Gasteiger partial charge in [0.05, 0.1) is 0 Å². The van der Waals surface area contributed by atoms with Crippen molar-refractivity contribution in [1.29, 1.82) is 0 Å². The first-order valence-electron chi connectivity index (χ1n) is 10.0. The highest BCUT2D eigenvalue weighted by Crippen LogP contribution is 2.22. The van der Waals surface area contributed by atoms with Crippen LogP contribution in [0.1, 0.15) is 58.2 Å². The van der Waals surface area contributed by atoms with Crippen molar-refractivity contribution in [2.24, 2.45) is 4.99 Å². The zero-order valence-corrected chi connectivity index (χ0v) is 20.1. The summed E-state index contributed by atoms with van der Waals surface area (Å²) in [4.78, 5) is 8.98. The molecule has 1 heterocycles. The molecule has 6 nitrogen and oxygen atoms in total. The minimum atomic E-state index is -0.685. The summed E-state index contributed by atoms with van der Waals surface area (Å²) >= 11 is 0. The van der Waals surface area contributed by atoms with E-state index in [4.69, 9.17) is 4.99 Å². The Kier molecular flexibility index (Phi) is 12.2. The van der Waals surface area contributed by atoms with E-state index in [1.54, 1.807) is 0 Å². The quantitative estimate of drug-likeness (QED) is 0.232. The average Bonchev–Trinajstić information content (AvgIpc) is 3.06. The Labute approximate surface area is 183 Å². The van der Waals surface area contributed by atoms with Crippen molar-refractivity contribution >= 4 is 40.7 Å². The number of halogens is 1. The second kappa shape index (κ2) is 13.5. The molecule has 1 aromatic rings. The van der Waals surface area contributed by atoms with Gasteiger partial charge < -0.3 is 15.2 Å². The van der Waals surface area contributed by atoms with E-state index >= 15 is 0 Å². The molecule has 0 radical (unpaired) electrons. The van der Waals surface area contributed by atoms with E-state index in [1.807, 2.05) is 26.2 Å². The summed E-state index contributed by atoms with van der Waals surface area (Å²) in [5.74, 6) is 2.74. The number of nitrogens with one attached hydrogen (secondary N) is 2. The minimum Gasteiger partial charge on any atom is -0.357 e. The van der Waals surface area contributed by atoms with Gasteiger partial charge in [-0.2, -0.15) is 0 Å². The summed E-state index contributed by atoms with van der Waals surface area (Å²) in [5, 5.41) is 7.26. The van der Waals surface area contributed by atoms with Gasteiger partial charge in [0.2, 0.25) is 0 Å². The van der Waals surface area contributed by atoms with Crippen molar-refractivity contribution in [3.05, 3.63) is 18.2 Å². The summed E-state index contributed by atoms with van der Waals surface area (Å²) in [6.07, 6.45) is 10.4. The lowest BCUT2D eigenvalue weighted by Crippen LogP contribution is -2.46. The number of hydrogen-bond acceptors (Lipinski definition) is 3. The highest BCUT2D eigenvalue weighted by molar-refractivity contribution is 14.0. The Morgan fingerprint density at radius 1 is 1.37 bits per heavy atom. The molecule has 2 N–H and O–H groups in total. The molecule has 1 fully saturated rings. The maximum absolute atomic E-state index is 12.1. The van der Waals surface area contributed by atoms with Gasteiger partial charge in [0, 0.05) is 59.9 Å². The number of guanidine groups is 1. The van der Waals surface area contributed by atoms with E-state index in [0.717, 1.165) is 75.7 Å². The third-order valence-corrected chi connectivity index (χ3v) is 6.71. The number of aryl methyl sites for hydroxylation is 2. The zero-order chi connectivity index (χ0) is 18.8. The second-order valence-corrected chi connectivity index (χ2v) is 8.94. The summed E-state index contributed by atoms with van der Waals surface area (Å²) in [5.41, 5.74) is 0. The monoisotopic (exact) mass is 509 g/mol. The van der Waals surface area contributed by atoms with E-state index in [9.17, 15) is 4.21 Å². The zero-order valence-electron chi connectivity index (χ0n) is 16.9. The molecule has 1 saturated carbocycles. The van der Waals surface area contributed by atoms with Gasteiger partial charge in [0.1, 0.15) is 5.82 Å². The topological polar surface area (TPSA) is 71.3 Å². The second-order valence-electron chi connectivity index (χ2n) is 6.93. The van der Waals surface area contributed by atoms with Crippen LogP contribution in [0.5, 0.6) is 0 Å². The number of rotatable bonds is 9. The molecule has 8 heteroatoms. The predicted octanol–water partition coefficient (Wildman–Crippen LogP) is 3.22. The van der Waals surface area contributed by atoms with E-state index < -0.39 is 10.8 Å². The maximum atomic E-state index is 12.1. The summed E-state index contributed by atoms with van der Waals surface area (Å²) in [7, 11) is -0.685. The third kappa shape index (κ3) is 8.50. The summed E-state index contributed by atoms with van der Waals surface area (Å²) < 4.78 is 14.3. The van der Waals surface area contributed by atoms with Crippen LogP contribution in [-0.2, 0) is 17.3 Å². The lowest BCUT2D eigenvalue weighted by molar-refractivity contribution is 0.413. The standard InChI is InChI=1S/C19H35N5OS.HI/c1-4-20-19(22-11-6-7-13-24-14-12-21-16(24)3)23-17-9-8-10-18(15-17)26(25)5-2;/h12,14,17-18H,4-11,13,15H2,1-3H3,(H2,20,22,23);1H. The van der Waals surface area contributed by atoms with Crippen LogP contribution in [0.15, 0.2) is 17.4 Å². The van der Waals surface area contributed by atoms with Crippen LogP contribution < -0.4 is 10.6 Å². The molecule has 0 spiro atoms. The fourth-order valence-electron chi connectivity index (χ4n) is 3.49. The number of unbranched alkanes of at least 4 members (excludes halogenated alkanes) is 1. The molecule has 0 saturated heterocycles. The first-order valence-corrected chi connectivity index (χ1v) is 11.4. The van der Waals surface area contributed by atoms with Crippen LogP contribution in [0, 0.1) is 6.92 Å². The van der Waals surface area contributed by atoms with Crippen molar-refractivity contribution in [3.8, 4) is 0 Å². The van der Waals surface area contributed by atoms with Crippen molar-refractivity contribution in [2.75, 3.05) is 18.8 Å². The highest BCUT2D eigenvalue weighted by atomic mass is 127. The molecule has 0 aromatic carbocycles. The van der Waals surface area contributed by atoms with Crippen LogP contribution >= 0.6 is 24.0 Å². The molecular weight excluding hydrogens is 473 g/mol. The van der Waals surface area contributed by atoms with Crippen LogP contribution in [0.3, 0.4) is 0 Å². The van der Waals surface area contributed by atoms with E-state index in [2.05, 4.69) is 27.1 Å². The number of imidazole rings is 1. The molecule has 27 heavy (non-hydrogen) atoms. The van der Waals surface area contributed by atoms with E-state index in [-0.39, 0.29) is 24.0 Å². The average molecular weight is 510 g/mol. The normalized spacial score (nSPS) is 21.4. The molecule has 0 aliphatic heterocycles. The maximum Gasteiger partial charge on any atom is 0.191 e. The molecule has 2 rings (SSSR count). The third-order valence-electron chi connectivity index (χ3n) is 4.97. The molecule has 1 aliphatic carbocycles. The first kappa shape index (κ1) is 24.4. The molecule has 3 unspecified atom stereocenters. The van der Waals surface area contributed by atoms with Crippen molar-refractivity contribution < 1.29 is 4.21 Å². The number of aromatic nitrogens is 2. The first-order chi connectivity index (χ1) is 12.6. The SMILES string of the molecule is CCNC(=NCCCCn1ccnc1C)NC1CCCC(S(=O)CC)C1.I. The Balaban J connectivity index is 0.00000364. The van der Waals surface area contributed by atoms with E-state index in [0.29, 0.717) is 11.3 Å². The lowest BCUT2D eigenvalue weighted by Gasteiger charge is -2.30. The molecule has 1 aliphatic rings. The summed E-state index contributed by atoms with van der Waals surface area (Å²) in [6, 6.07) is 0.385. The predicted molar refractivity (Wildman–Crippen MR) is 125 cm³/mol. The Morgan fingerprint density at radius 3 is 2.85 bits per heavy atom. The fourth-order valence-corrected chi connectivity index (χ4v) is 4.84. The van der Waals surface area contributed by atoms with Crippen molar-refractivity contribution in [2.45, 2.75) is 77.1 Å². The van der Waals surface area contributed by atoms with Crippen molar-refractivity contribution in [1.82, 2.24) is 20.2 Å². The smallest absolute Gasteiger partial charge is 0.191 e. The molecular formula is C19H36IN5OS. The van der Waals surface area contributed by atoms with Gasteiger partial charge in [-0.15, -0.1) is 24.0 Å². The highest BCUT2D eigenvalue weighted by Gasteiger charge is 2.25. The van der Waals surface area contributed by atoms with Crippen LogP contribution in [0.2, 0.25) is 0 Å². The minimum absolute atomic E-state index is 0. The Hall–Kier alpha value is -0.640. The fraction of sp³-hybridized carbons (Fsp3) is 0.789. The Morgan fingerprint density at radius 2 is 2.19 bits per heavy atom. The lowest BCUT2D eigenvalue weighted by atomic mass is 9.95.